The Morgan fingerprint density at radius 1 is 1.26 bits per heavy atom. The highest BCUT2D eigenvalue weighted by atomic mass is 32.1. The number of benzene rings is 1. The number of aliphatic hydroxyl groups is 1. The number of thiazole rings is 1. The van der Waals surface area contributed by atoms with Crippen molar-refractivity contribution in [2.24, 2.45) is 0 Å². The van der Waals surface area contributed by atoms with Gasteiger partial charge in [-0.05, 0) is 37.0 Å². The SMILES string of the molecule is CO[C@H](C)c1cc(N2Cc3ncsc3C2)cn2cc(C(=O)N3CC[C@]4(Cc5ccccc5CN4)[C@H](O)C3)nc12. The summed E-state index contributed by atoms with van der Waals surface area (Å²) in [6.07, 6.45) is 4.44. The maximum atomic E-state index is 13.7. The molecule has 6 heterocycles. The molecule has 0 saturated carbocycles. The molecule has 10 heteroatoms. The van der Waals surface area contributed by atoms with Gasteiger partial charge in [-0.25, -0.2) is 9.97 Å². The first kappa shape index (κ1) is 24.7. The molecule has 0 radical (unpaired) electrons. The Balaban J connectivity index is 1.14. The highest BCUT2D eigenvalue weighted by molar-refractivity contribution is 7.09. The molecule has 1 saturated heterocycles. The standard InChI is InChI=1S/C29H32N6O3S/c1-18(38-2)22-9-21(34-13-23-25(15-34)39-17-30-23)12-35-14-24(32-27(22)35)28(37)33-8-7-29(26(36)16-33)10-19-5-3-4-6-20(19)11-31-29/h3-6,9,12,14,17-18,26,31,36H,7-8,10-11,13,15-16H2,1-2H3/t18-,26-,29+/m1/s1. The van der Waals surface area contributed by atoms with Crippen molar-refractivity contribution >= 4 is 28.6 Å². The van der Waals surface area contributed by atoms with E-state index in [0.717, 1.165) is 43.0 Å². The first-order valence-corrected chi connectivity index (χ1v) is 14.3. The second-order valence-corrected chi connectivity index (χ2v) is 11.9. The predicted octanol–water partition coefficient (Wildman–Crippen LogP) is 3.31. The molecular weight excluding hydrogens is 512 g/mol. The number of methoxy groups -OCH3 is 1. The number of nitrogens with one attached hydrogen (secondary N) is 1. The Bertz CT molecular complexity index is 1550. The number of ether oxygens (including phenoxy) is 1. The molecule has 1 fully saturated rings. The maximum absolute atomic E-state index is 13.7. The van der Waals surface area contributed by atoms with Crippen LogP contribution in [0.4, 0.5) is 5.69 Å². The lowest BCUT2D eigenvalue weighted by atomic mass is 9.76. The molecule has 3 aliphatic heterocycles. The van der Waals surface area contributed by atoms with Crippen molar-refractivity contribution in [3.8, 4) is 0 Å². The van der Waals surface area contributed by atoms with Crippen molar-refractivity contribution in [3.63, 3.8) is 0 Å². The van der Waals surface area contributed by atoms with Crippen LogP contribution in [0.3, 0.4) is 0 Å². The van der Waals surface area contributed by atoms with Gasteiger partial charge in [0.15, 0.2) is 0 Å². The molecule has 1 spiro atoms. The summed E-state index contributed by atoms with van der Waals surface area (Å²) in [5, 5.41) is 14.9. The van der Waals surface area contributed by atoms with Crippen LogP contribution in [-0.2, 0) is 30.8 Å². The maximum Gasteiger partial charge on any atom is 0.274 e. The molecule has 39 heavy (non-hydrogen) atoms. The van der Waals surface area contributed by atoms with Crippen LogP contribution in [0, 0.1) is 0 Å². The second-order valence-electron chi connectivity index (χ2n) is 10.9. The summed E-state index contributed by atoms with van der Waals surface area (Å²) in [5.74, 6) is -0.158. The summed E-state index contributed by atoms with van der Waals surface area (Å²) in [6.45, 7) is 5.15. The molecule has 0 unspecified atom stereocenters. The number of fused-ring (bicyclic) bond motifs is 3. The van der Waals surface area contributed by atoms with E-state index in [4.69, 9.17) is 9.72 Å². The monoisotopic (exact) mass is 544 g/mol. The van der Waals surface area contributed by atoms with E-state index in [1.165, 1.54) is 16.0 Å². The van der Waals surface area contributed by atoms with Crippen LogP contribution in [-0.4, -0.2) is 62.1 Å². The van der Waals surface area contributed by atoms with Gasteiger partial charge in [0, 0.05) is 49.6 Å². The molecule has 202 valence electrons. The van der Waals surface area contributed by atoms with Gasteiger partial charge >= 0.3 is 0 Å². The Morgan fingerprint density at radius 3 is 2.90 bits per heavy atom. The van der Waals surface area contributed by atoms with Crippen molar-refractivity contribution in [1.82, 2.24) is 24.6 Å². The number of rotatable bonds is 4. The Labute approximate surface area is 231 Å². The normalized spacial score (nSPS) is 23.3. The van der Waals surface area contributed by atoms with E-state index in [2.05, 4.69) is 45.5 Å². The molecule has 4 aromatic rings. The average molecular weight is 545 g/mol. The summed E-state index contributed by atoms with van der Waals surface area (Å²) >= 11 is 1.69. The van der Waals surface area contributed by atoms with E-state index < -0.39 is 11.6 Å². The van der Waals surface area contributed by atoms with Gasteiger partial charge in [0.1, 0.15) is 11.3 Å². The minimum absolute atomic E-state index is 0.158. The largest absolute Gasteiger partial charge is 0.389 e. The Hall–Kier alpha value is -3.31. The summed E-state index contributed by atoms with van der Waals surface area (Å²) < 4.78 is 7.62. The van der Waals surface area contributed by atoms with Gasteiger partial charge < -0.3 is 29.4 Å². The number of carbonyl (C=O) groups is 1. The number of piperidine rings is 1. The zero-order chi connectivity index (χ0) is 26.7. The molecule has 0 bridgehead atoms. The molecule has 1 amide bonds. The van der Waals surface area contributed by atoms with Crippen LogP contribution in [0.5, 0.6) is 0 Å². The average Bonchev–Trinajstić information content (AvgIpc) is 3.68. The number of nitrogens with zero attached hydrogens (tertiary/aromatic N) is 5. The van der Waals surface area contributed by atoms with Crippen LogP contribution in [0.15, 0.2) is 48.2 Å². The third-order valence-electron chi connectivity index (χ3n) is 8.74. The highest BCUT2D eigenvalue weighted by Gasteiger charge is 2.45. The first-order chi connectivity index (χ1) is 18.9. The molecule has 2 N–H and O–H groups in total. The van der Waals surface area contributed by atoms with E-state index in [-0.39, 0.29) is 18.6 Å². The number of carbonyl (C=O) groups excluding carboxylic acids is 1. The van der Waals surface area contributed by atoms with Gasteiger partial charge in [-0.3, -0.25) is 4.79 Å². The van der Waals surface area contributed by atoms with Gasteiger partial charge in [-0.15, -0.1) is 11.3 Å². The van der Waals surface area contributed by atoms with E-state index >= 15 is 0 Å². The quantitative estimate of drug-likeness (QED) is 0.407. The lowest BCUT2D eigenvalue weighted by molar-refractivity contribution is -0.0140. The van der Waals surface area contributed by atoms with Crippen molar-refractivity contribution in [3.05, 3.63) is 81.2 Å². The van der Waals surface area contributed by atoms with Crippen LogP contribution < -0.4 is 10.2 Å². The topological polar surface area (TPSA) is 95.2 Å². The fourth-order valence-corrected chi connectivity index (χ4v) is 7.06. The first-order valence-electron chi connectivity index (χ1n) is 13.4. The number of aliphatic hydroxyl groups excluding tert-OH is 1. The fourth-order valence-electron chi connectivity index (χ4n) is 6.27. The highest BCUT2D eigenvalue weighted by Crippen LogP contribution is 2.35. The van der Waals surface area contributed by atoms with Gasteiger partial charge in [0.2, 0.25) is 0 Å². The lowest BCUT2D eigenvalue weighted by Crippen LogP contribution is -2.65. The van der Waals surface area contributed by atoms with E-state index in [9.17, 15) is 9.90 Å². The molecule has 7 rings (SSSR count). The molecule has 0 aliphatic carbocycles. The summed E-state index contributed by atoms with van der Waals surface area (Å²) in [5.41, 5.74) is 8.23. The van der Waals surface area contributed by atoms with E-state index in [1.54, 1.807) is 23.3 Å². The molecule has 1 aromatic carbocycles. The van der Waals surface area contributed by atoms with Gasteiger partial charge in [-0.1, -0.05) is 24.3 Å². The van der Waals surface area contributed by atoms with Crippen molar-refractivity contribution < 1.29 is 14.6 Å². The van der Waals surface area contributed by atoms with Crippen molar-refractivity contribution in [2.45, 2.75) is 57.1 Å². The number of hydrogen-bond donors (Lipinski definition) is 2. The number of anilines is 1. The third kappa shape index (κ3) is 4.13. The van der Waals surface area contributed by atoms with Gasteiger partial charge in [0.25, 0.3) is 5.91 Å². The number of amides is 1. The Morgan fingerprint density at radius 2 is 2.10 bits per heavy atom. The summed E-state index contributed by atoms with van der Waals surface area (Å²) in [7, 11) is 1.68. The zero-order valence-corrected chi connectivity index (χ0v) is 22.9. The van der Waals surface area contributed by atoms with E-state index in [0.29, 0.717) is 24.3 Å². The third-order valence-corrected chi connectivity index (χ3v) is 9.60. The van der Waals surface area contributed by atoms with Gasteiger partial charge in [0.05, 0.1) is 47.7 Å². The Kier molecular flexibility index (Phi) is 5.96. The van der Waals surface area contributed by atoms with Crippen LogP contribution in [0.25, 0.3) is 5.65 Å². The molecule has 3 aliphatic rings. The number of hydrogen-bond acceptors (Lipinski definition) is 8. The number of imidazole rings is 1. The van der Waals surface area contributed by atoms with Crippen molar-refractivity contribution in [1.29, 1.82) is 0 Å². The summed E-state index contributed by atoms with van der Waals surface area (Å²) in [4.78, 5) is 28.2. The minimum Gasteiger partial charge on any atom is -0.389 e. The van der Waals surface area contributed by atoms with Crippen LogP contribution in [0.2, 0.25) is 0 Å². The smallest absolute Gasteiger partial charge is 0.274 e. The lowest BCUT2D eigenvalue weighted by Gasteiger charge is -2.48. The molecule has 3 atom stereocenters. The minimum atomic E-state index is -0.665. The number of β-amino-alcohol motifs (C(OH)–C–C–N with tert-alkyl or cyclic N) is 1. The number of pyridine rings is 1. The second kappa shape index (κ2) is 9.41. The van der Waals surface area contributed by atoms with Crippen LogP contribution >= 0.6 is 11.3 Å². The molecular formula is C29H32N6O3S. The van der Waals surface area contributed by atoms with E-state index in [1.807, 2.05) is 29.2 Å². The molecule has 3 aromatic heterocycles. The predicted molar refractivity (Wildman–Crippen MR) is 149 cm³/mol. The van der Waals surface area contributed by atoms with Crippen molar-refractivity contribution in [2.75, 3.05) is 25.1 Å². The van der Waals surface area contributed by atoms with Gasteiger partial charge in [-0.2, -0.15) is 0 Å². The number of likely N-dealkylation sites (tertiary alicyclic amines) is 1. The summed E-state index contributed by atoms with van der Waals surface area (Å²) in [6, 6.07) is 10.5. The zero-order valence-electron chi connectivity index (χ0n) is 22.1. The molecule has 9 nitrogen and oxygen atoms in total. The van der Waals surface area contributed by atoms with Crippen LogP contribution in [0.1, 0.15) is 57.2 Å². The fraction of sp³-hybridized carbons (Fsp3) is 0.414. The number of aromatic nitrogens is 3.